The first-order chi connectivity index (χ1) is 11.7. The van der Waals surface area contributed by atoms with Gasteiger partial charge in [-0.05, 0) is 62.4 Å². The lowest BCUT2D eigenvalue weighted by atomic mass is 10.0. The Kier molecular flexibility index (Phi) is 5.98. The Morgan fingerprint density at radius 2 is 1.80 bits per heavy atom. The molecule has 1 unspecified atom stereocenters. The lowest BCUT2D eigenvalue weighted by Gasteiger charge is -2.15. The summed E-state index contributed by atoms with van der Waals surface area (Å²) in [7, 11) is -3.87. The van der Waals surface area contributed by atoms with E-state index in [1.54, 1.807) is 19.9 Å². The first-order valence-corrected chi connectivity index (χ1v) is 9.72. The minimum absolute atomic E-state index is 0.00501. The van der Waals surface area contributed by atoms with Crippen molar-refractivity contribution in [3.05, 3.63) is 64.7 Å². The molecule has 25 heavy (non-hydrogen) atoms. The normalized spacial score (nSPS) is 12.6. The molecule has 6 heteroatoms. The van der Waals surface area contributed by atoms with Crippen molar-refractivity contribution in [2.75, 3.05) is 0 Å². The first kappa shape index (κ1) is 19.1. The van der Waals surface area contributed by atoms with Gasteiger partial charge in [0.25, 0.3) is 5.91 Å². The lowest BCUT2D eigenvalue weighted by Crippen LogP contribution is -2.33. The zero-order valence-corrected chi connectivity index (χ0v) is 15.6. The molecule has 0 heterocycles. The van der Waals surface area contributed by atoms with Gasteiger partial charge < -0.3 is 5.32 Å². The van der Waals surface area contributed by atoms with E-state index in [1.165, 1.54) is 11.6 Å². The van der Waals surface area contributed by atoms with E-state index >= 15 is 0 Å². The summed E-state index contributed by atoms with van der Waals surface area (Å²) in [6.07, 6.45) is 1.65. The second-order valence-electron chi connectivity index (χ2n) is 6.36. The Labute approximate surface area is 149 Å². The number of carbonyl (C=O) groups is 1. The number of hydrogen-bond acceptors (Lipinski definition) is 3. The molecule has 0 spiro atoms. The molecule has 2 rings (SSSR count). The van der Waals surface area contributed by atoms with Crippen LogP contribution in [0.4, 0.5) is 0 Å². The number of rotatable bonds is 6. The van der Waals surface area contributed by atoms with Crippen molar-refractivity contribution in [1.29, 1.82) is 0 Å². The maximum atomic E-state index is 12.5. The highest BCUT2D eigenvalue weighted by Crippen LogP contribution is 2.20. The number of primary sulfonamides is 1. The fraction of sp³-hybridized carbons (Fsp3) is 0.316. The van der Waals surface area contributed by atoms with Crippen molar-refractivity contribution < 1.29 is 13.2 Å². The highest BCUT2D eigenvalue weighted by Gasteiger charge is 2.18. The third kappa shape index (κ3) is 5.14. The van der Waals surface area contributed by atoms with Crippen molar-refractivity contribution in [1.82, 2.24) is 5.32 Å². The largest absolute Gasteiger partial charge is 0.350 e. The molecule has 0 aliphatic rings. The fourth-order valence-electron chi connectivity index (χ4n) is 2.66. The number of amides is 1. The fourth-order valence-corrected chi connectivity index (χ4v) is 3.54. The van der Waals surface area contributed by atoms with Gasteiger partial charge in [0.05, 0.1) is 4.90 Å². The molecule has 1 amide bonds. The molecule has 0 bridgehead atoms. The van der Waals surface area contributed by atoms with E-state index in [0.29, 0.717) is 16.7 Å². The van der Waals surface area contributed by atoms with Gasteiger partial charge >= 0.3 is 0 Å². The summed E-state index contributed by atoms with van der Waals surface area (Å²) >= 11 is 0. The Balaban J connectivity index is 2.09. The number of hydrogen-bond donors (Lipinski definition) is 2. The molecule has 3 N–H and O–H groups in total. The summed E-state index contributed by atoms with van der Waals surface area (Å²) in [5.74, 6) is -0.298. The SMILES string of the molecule is Cc1cc(C(=O)NC(C)CCc2ccccc2)cc(S(N)(=O)=O)c1C. The molecule has 0 aromatic heterocycles. The molecule has 1 atom stereocenters. The van der Waals surface area contributed by atoms with E-state index < -0.39 is 10.0 Å². The Hall–Kier alpha value is -2.18. The van der Waals surface area contributed by atoms with Crippen molar-refractivity contribution in [2.24, 2.45) is 5.14 Å². The van der Waals surface area contributed by atoms with Crippen LogP contribution in [0.3, 0.4) is 0 Å². The number of carbonyl (C=O) groups excluding carboxylic acids is 1. The summed E-state index contributed by atoms with van der Waals surface area (Å²) in [5.41, 5.74) is 2.80. The molecule has 0 fully saturated rings. The molecule has 5 nitrogen and oxygen atoms in total. The van der Waals surface area contributed by atoms with Gasteiger partial charge in [0, 0.05) is 11.6 Å². The van der Waals surface area contributed by atoms with Gasteiger partial charge in [0.1, 0.15) is 0 Å². The van der Waals surface area contributed by atoms with Crippen LogP contribution in [0.15, 0.2) is 47.4 Å². The average molecular weight is 360 g/mol. The molecule has 0 saturated heterocycles. The molecule has 0 radical (unpaired) electrons. The predicted octanol–water partition coefficient (Wildman–Crippen LogP) is 2.70. The van der Waals surface area contributed by atoms with Gasteiger partial charge in [0.2, 0.25) is 10.0 Å². The molecule has 0 aliphatic carbocycles. The van der Waals surface area contributed by atoms with E-state index in [0.717, 1.165) is 12.8 Å². The lowest BCUT2D eigenvalue weighted by molar-refractivity contribution is 0.0938. The molecular weight excluding hydrogens is 336 g/mol. The zero-order valence-electron chi connectivity index (χ0n) is 14.7. The average Bonchev–Trinajstić information content (AvgIpc) is 2.55. The maximum absolute atomic E-state index is 12.5. The van der Waals surface area contributed by atoms with Crippen LogP contribution >= 0.6 is 0 Å². The van der Waals surface area contributed by atoms with Crippen LogP contribution in [-0.4, -0.2) is 20.4 Å². The van der Waals surface area contributed by atoms with Gasteiger partial charge in [-0.2, -0.15) is 0 Å². The van der Waals surface area contributed by atoms with Crippen molar-refractivity contribution in [3.8, 4) is 0 Å². The van der Waals surface area contributed by atoms with E-state index in [9.17, 15) is 13.2 Å². The van der Waals surface area contributed by atoms with Crippen molar-refractivity contribution in [2.45, 2.75) is 44.6 Å². The van der Waals surface area contributed by atoms with Gasteiger partial charge in [0.15, 0.2) is 0 Å². The highest BCUT2D eigenvalue weighted by molar-refractivity contribution is 7.89. The van der Waals surface area contributed by atoms with Crippen LogP contribution in [0.25, 0.3) is 0 Å². The van der Waals surface area contributed by atoms with Gasteiger partial charge in [-0.3, -0.25) is 4.79 Å². The second kappa shape index (κ2) is 7.80. The molecule has 2 aromatic carbocycles. The Morgan fingerprint density at radius 3 is 2.40 bits per heavy atom. The van der Waals surface area contributed by atoms with Gasteiger partial charge in [-0.1, -0.05) is 30.3 Å². The third-order valence-electron chi connectivity index (χ3n) is 4.27. The molecule has 0 saturated carbocycles. The minimum Gasteiger partial charge on any atom is -0.350 e. The van der Waals surface area contributed by atoms with Crippen LogP contribution in [0.5, 0.6) is 0 Å². The van der Waals surface area contributed by atoms with E-state index in [4.69, 9.17) is 5.14 Å². The predicted molar refractivity (Wildman–Crippen MR) is 99.0 cm³/mol. The number of benzene rings is 2. The number of nitrogens with two attached hydrogens (primary N) is 1. The van der Waals surface area contributed by atoms with Crippen LogP contribution in [-0.2, 0) is 16.4 Å². The number of sulfonamides is 1. The van der Waals surface area contributed by atoms with E-state index in [-0.39, 0.29) is 16.8 Å². The Bertz CT molecular complexity index is 862. The second-order valence-corrected chi connectivity index (χ2v) is 7.89. The first-order valence-electron chi connectivity index (χ1n) is 8.17. The Morgan fingerprint density at radius 1 is 1.16 bits per heavy atom. The quantitative estimate of drug-likeness (QED) is 0.830. The van der Waals surface area contributed by atoms with Crippen molar-refractivity contribution in [3.63, 3.8) is 0 Å². The molecule has 2 aromatic rings. The number of nitrogens with one attached hydrogen (secondary N) is 1. The van der Waals surface area contributed by atoms with Crippen LogP contribution in [0.1, 0.15) is 40.4 Å². The van der Waals surface area contributed by atoms with Crippen LogP contribution < -0.4 is 10.5 Å². The number of aryl methyl sites for hydroxylation is 2. The summed E-state index contributed by atoms with van der Waals surface area (Å²) in [6.45, 7) is 5.38. The summed E-state index contributed by atoms with van der Waals surface area (Å²) in [4.78, 5) is 12.5. The van der Waals surface area contributed by atoms with Gasteiger partial charge in [-0.15, -0.1) is 0 Å². The van der Waals surface area contributed by atoms with Crippen LogP contribution in [0.2, 0.25) is 0 Å². The standard InChI is InChI=1S/C19H24N2O3S/c1-13-11-17(12-18(15(13)3)25(20,23)24)19(22)21-14(2)9-10-16-7-5-4-6-8-16/h4-8,11-12,14H,9-10H2,1-3H3,(H,21,22)(H2,20,23,24). The maximum Gasteiger partial charge on any atom is 0.251 e. The molecule has 134 valence electrons. The van der Waals surface area contributed by atoms with E-state index in [1.807, 2.05) is 25.1 Å². The zero-order chi connectivity index (χ0) is 18.6. The third-order valence-corrected chi connectivity index (χ3v) is 5.31. The molecular formula is C19H24N2O3S. The highest BCUT2D eigenvalue weighted by atomic mass is 32.2. The summed E-state index contributed by atoms with van der Waals surface area (Å²) in [6, 6.07) is 13.0. The van der Waals surface area contributed by atoms with Gasteiger partial charge in [-0.25, -0.2) is 13.6 Å². The van der Waals surface area contributed by atoms with Crippen molar-refractivity contribution >= 4 is 15.9 Å². The summed E-state index contributed by atoms with van der Waals surface area (Å²) in [5, 5.41) is 8.17. The molecule has 0 aliphatic heterocycles. The van der Waals surface area contributed by atoms with Crippen LogP contribution in [0, 0.1) is 13.8 Å². The topological polar surface area (TPSA) is 89.3 Å². The minimum atomic E-state index is -3.87. The smallest absolute Gasteiger partial charge is 0.251 e. The monoisotopic (exact) mass is 360 g/mol. The van der Waals surface area contributed by atoms with E-state index in [2.05, 4.69) is 17.4 Å². The summed E-state index contributed by atoms with van der Waals surface area (Å²) < 4.78 is 23.4.